The summed E-state index contributed by atoms with van der Waals surface area (Å²) in [6.45, 7) is 0. The summed E-state index contributed by atoms with van der Waals surface area (Å²) in [6.07, 6.45) is 2.01. The maximum absolute atomic E-state index is 5.57. The first-order valence-electron chi connectivity index (χ1n) is 5.97. The molecule has 0 radical (unpaired) electrons. The number of fused-ring (bicyclic) bond motifs is 1. The van der Waals surface area contributed by atoms with E-state index in [9.17, 15) is 0 Å². The molecule has 2 aromatic carbocycles. The highest BCUT2D eigenvalue weighted by molar-refractivity contribution is 7.80. The van der Waals surface area contributed by atoms with E-state index in [4.69, 9.17) is 18.0 Å². The fourth-order valence-corrected chi connectivity index (χ4v) is 2.32. The standard InChI is InChI=1S/C15H13N3S/c16-15(19)17-13-10-18(11-6-2-1-3-7-11)14-9-5-4-8-12(13)14/h1-10H,(H3,16,17,19). The van der Waals surface area contributed by atoms with Gasteiger partial charge in [-0.2, -0.15) is 0 Å². The minimum Gasteiger partial charge on any atom is -0.376 e. The third-order valence-corrected chi connectivity index (χ3v) is 3.11. The molecule has 0 bridgehead atoms. The molecule has 0 saturated heterocycles. The molecule has 0 atom stereocenters. The topological polar surface area (TPSA) is 43.0 Å². The van der Waals surface area contributed by atoms with Crippen LogP contribution in [0.3, 0.4) is 0 Å². The lowest BCUT2D eigenvalue weighted by Gasteiger charge is -2.03. The molecule has 0 saturated carbocycles. The van der Waals surface area contributed by atoms with E-state index in [-0.39, 0.29) is 5.11 Å². The van der Waals surface area contributed by atoms with Crippen molar-refractivity contribution in [3.63, 3.8) is 0 Å². The van der Waals surface area contributed by atoms with E-state index in [2.05, 4.69) is 34.1 Å². The molecule has 0 aliphatic rings. The molecule has 0 unspecified atom stereocenters. The first-order valence-corrected chi connectivity index (χ1v) is 6.38. The number of rotatable bonds is 2. The molecule has 1 heterocycles. The van der Waals surface area contributed by atoms with E-state index < -0.39 is 0 Å². The number of anilines is 1. The minimum atomic E-state index is 0.274. The summed E-state index contributed by atoms with van der Waals surface area (Å²) >= 11 is 4.92. The van der Waals surface area contributed by atoms with E-state index >= 15 is 0 Å². The molecule has 3 nitrogen and oxygen atoms in total. The van der Waals surface area contributed by atoms with Crippen LogP contribution in [0.1, 0.15) is 0 Å². The average molecular weight is 267 g/mol. The largest absolute Gasteiger partial charge is 0.376 e. The number of para-hydroxylation sites is 2. The van der Waals surface area contributed by atoms with Crippen molar-refractivity contribution in [3.8, 4) is 5.69 Å². The summed E-state index contributed by atoms with van der Waals surface area (Å²) in [6, 6.07) is 18.3. The van der Waals surface area contributed by atoms with Crippen LogP contribution in [-0.2, 0) is 0 Å². The maximum atomic E-state index is 5.57. The lowest BCUT2D eigenvalue weighted by molar-refractivity contribution is 1.13. The Bertz CT molecular complexity index is 731. The molecule has 94 valence electrons. The molecule has 0 aliphatic carbocycles. The Morgan fingerprint density at radius 1 is 1.00 bits per heavy atom. The second kappa shape index (κ2) is 4.74. The van der Waals surface area contributed by atoms with Crippen LogP contribution < -0.4 is 11.1 Å². The van der Waals surface area contributed by atoms with E-state index in [1.54, 1.807) is 0 Å². The number of thiocarbonyl (C=S) groups is 1. The van der Waals surface area contributed by atoms with Gasteiger partial charge >= 0.3 is 0 Å². The van der Waals surface area contributed by atoms with Crippen LogP contribution in [0, 0.1) is 0 Å². The van der Waals surface area contributed by atoms with Gasteiger partial charge in [-0.15, -0.1) is 0 Å². The van der Waals surface area contributed by atoms with Gasteiger partial charge in [0.25, 0.3) is 0 Å². The Labute approximate surface area is 116 Å². The van der Waals surface area contributed by atoms with E-state index in [1.807, 2.05) is 36.5 Å². The Morgan fingerprint density at radius 3 is 2.42 bits per heavy atom. The van der Waals surface area contributed by atoms with Crippen molar-refractivity contribution < 1.29 is 0 Å². The van der Waals surface area contributed by atoms with Crippen LogP contribution in [0.5, 0.6) is 0 Å². The molecule has 0 fully saturated rings. The maximum Gasteiger partial charge on any atom is 0.168 e. The number of benzene rings is 2. The smallest absolute Gasteiger partial charge is 0.168 e. The zero-order valence-corrected chi connectivity index (χ0v) is 11.0. The van der Waals surface area contributed by atoms with Gasteiger partial charge in [-0.05, 0) is 30.4 Å². The quantitative estimate of drug-likeness (QED) is 0.700. The molecule has 3 N–H and O–H groups in total. The highest BCUT2D eigenvalue weighted by Crippen LogP contribution is 2.28. The number of hydrogen-bond donors (Lipinski definition) is 2. The van der Waals surface area contributed by atoms with Crippen LogP contribution in [0.25, 0.3) is 16.6 Å². The van der Waals surface area contributed by atoms with Gasteiger partial charge in [0.1, 0.15) is 0 Å². The van der Waals surface area contributed by atoms with Gasteiger partial charge in [0.2, 0.25) is 0 Å². The van der Waals surface area contributed by atoms with Crippen LogP contribution in [0.2, 0.25) is 0 Å². The second-order valence-corrected chi connectivity index (χ2v) is 4.69. The summed E-state index contributed by atoms with van der Waals surface area (Å²) in [5.41, 5.74) is 8.72. The molecule has 0 spiro atoms. The third-order valence-electron chi connectivity index (χ3n) is 3.00. The normalized spacial score (nSPS) is 10.5. The number of nitrogens with zero attached hydrogens (tertiary/aromatic N) is 1. The van der Waals surface area contributed by atoms with E-state index in [0.29, 0.717) is 0 Å². The van der Waals surface area contributed by atoms with Crippen molar-refractivity contribution in [1.29, 1.82) is 0 Å². The fraction of sp³-hybridized carbons (Fsp3) is 0. The summed E-state index contributed by atoms with van der Waals surface area (Å²) in [4.78, 5) is 0. The molecule has 3 aromatic rings. The zero-order valence-electron chi connectivity index (χ0n) is 10.2. The Kier molecular flexibility index (Phi) is 2.93. The Balaban J connectivity index is 2.23. The summed E-state index contributed by atoms with van der Waals surface area (Å²) in [5, 5.41) is 4.40. The molecule has 0 aliphatic heterocycles. The summed E-state index contributed by atoms with van der Waals surface area (Å²) in [7, 11) is 0. The van der Waals surface area contributed by atoms with Gasteiger partial charge in [-0.1, -0.05) is 36.4 Å². The number of nitrogens with one attached hydrogen (secondary N) is 1. The van der Waals surface area contributed by atoms with E-state index in [1.165, 1.54) is 0 Å². The van der Waals surface area contributed by atoms with Crippen molar-refractivity contribution in [2.75, 3.05) is 5.32 Å². The summed E-state index contributed by atoms with van der Waals surface area (Å²) < 4.78 is 2.12. The minimum absolute atomic E-state index is 0.274. The SMILES string of the molecule is NC(=S)Nc1cn(-c2ccccc2)c2ccccc12. The van der Waals surface area contributed by atoms with Crippen molar-refractivity contribution in [1.82, 2.24) is 4.57 Å². The second-order valence-electron chi connectivity index (χ2n) is 4.25. The first kappa shape index (κ1) is 11.7. The van der Waals surface area contributed by atoms with Crippen LogP contribution in [0.15, 0.2) is 60.8 Å². The van der Waals surface area contributed by atoms with Crippen molar-refractivity contribution in [2.45, 2.75) is 0 Å². The fourth-order valence-electron chi connectivity index (χ4n) is 2.21. The molecule has 4 heteroatoms. The monoisotopic (exact) mass is 267 g/mol. The first-order chi connectivity index (χ1) is 9.25. The molecular weight excluding hydrogens is 254 g/mol. The molecule has 3 rings (SSSR count). The number of nitrogens with two attached hydrogens (primary N) is 1. The van der Waals surface area contributed by atoms with Gasteiger partial charge in [0.05, 0.1) is 11.2 Å². The van der Waals surface area contributed by atoms with Crippen molar-refractivity contribution in [3.05, 3.63) is 60.8 Å². The third kappa shape index (κ3) is 2.18. The summed E-state index contributed by atoms with van der Waals surface area (Å²) in [5.74, 6) is 0. The van der Waals surface area contributed by atoms with Gasteiger partial charge in [-0.25, -0.2) is 0 Å². The predicted molar refractivity (Wildman–Crippen MR) is 83.7 cm³/mol. The van der Waals surface area contributed by atoms with Gasteiger partial charge in [0, 0.05) is 17.3 Å². The molecule has 1 aromatic heterocycles. The van der Waals surface area contributed by atoms with Gasteiger partial charge in [0.15, 0.2) is 5.11 Å². The van der Waals surface area contributed by atoms with Crippen LogP contribution in [0.4, 0.5) is 5.69 Å². The highest BCUT2D eigenvalue weighted by atomic mass is 32.1. The van der Waals surface area contributed by atoms with Crippen molar-refractivity contribution in [2.24, 2.45) is 5.73 Å². The Hall–Kier alpha value is -2.33. The van der Waals surface area contributed by atoms with Crippen molar-refractivity contribution >= 4 is 33.9 Å². The van der Waals surface area contributed by atoms with Crippen LogP contribution >= 0.6 is 12.2 Å². The average Bonchev–Trinajstić information content (AvgIpc) is 2.78. The van der Waals surface area contributed by atoms with Gasteiger partial charge < -0.3 is 15.6 Å². The van der Waals surface area contributed by atoms with Crippen LogP contribution in [-0.4, -0.2) is 9.68 Å². The molecule has 0 amide bonds. The number of aromatic nitrogens is 1. The lowest BCUT2D eigenvalue weighted by atomic mass is 10.2. The Morgan fingerprint density at radius 2 is 1.68 bits per heavy atom. The molecular formula is C15H13N3S. The zero-order chi connectivity index (χ0) is 13.2. The highest BCUT2D eigenvalue weighted by Gasteiger charge is 2.09. The van der Waals surface area contributed by atoms with E-state index in [0.717, 1.165) is 22.3 Å². The number of hydrogen-bond acceptors (Lipinski definition) is 1. The predicted octanol–water partition coefficient (Wildman–Crippen LogP) is 3.29. The lowest BCUT2D eigenvalue weighted by Crippen LogP contribution is -2.18. The molecule has 19 heavy (non-hydrogen) atoms. The van der Waals surface area contributed by atoms with Gasteiger partial charge in [-0.3, -0.25) is 0 Å².